The van der Waals surface area contributed by atoms with Crippen LogP contribution in [0.4, 0.5) is 0 Å². The highest BCUT2D eigenvalue weighted by atomic mass is 32.2. The van der Waals surface area contributed by atoms with Crippen molar-refractivity contribution in [3.05, 3.63) is 46.8 Å². The Labute approximate surface area is 131 Å². The lowest BCUT2D eigenvalue weighted by Gasteiger charge is -1.97. The van der Waals surface area contributed by atoms with Crippen LogP contribution in [-0.2, 0) is 12.2 Å². The summed E-state index contributed by atoms with van der Waals surface area (Å²) in [5.74, 6) is 1.92. The fraction of sp³-hybridized carbons (Fsp3) is 0.267. The van der Waals surface area contributed by atoms with Crippen LogP contribution < -0.4 is 0 Å². The highest BCUT2D eigenvalue weighted by Gasteiger charge is 2.10. The van der Waals surface area contributed by atoms with Crippen molar-refractivity contribution in [2.45, 2.75) is 30.4 Å². The number of hydrogen-bond acceptors (Lipinski definition) is 6. The number of thioether (sulfide) groups is 1. The van der Waals surface area contributed by atoms with E-state index in [1.807, 2.05) is 24.4 Å². The van der Waals surface area contributed by atoms with Gasteiger partial charge in [-0.25, -0.2) is 4.98 Å². The largest absolute Gasteiger partial charge is 0.338 e. The minimum atomic E-state index is 0.627. The van der Waals surface area contributed by atoms with E-state index in [-0.39, 0.29) is 0 Å². The molecule has 0 saturated heterocycles. The van der Waals surface area contributed by atoms with Gasteiger partial charge in [0.25, 0.3) is 0 Å². The minimum Gasteiger partial charge on any atom is -0.338 e. The highest BCUT2D eigenvalue weighted by molar-refractivity contribution is 8.00. The molecule has 0 spiro atoms. The summed E-state index contributed by atoms with van der Waals surface area (Å²) in [6, 6.07) is 8.26. The van der Waals surface area contributed by atoms with Crippen molar-refractivity contribution < 1.29 is 4.52 Å². The Balaban J connectivity index is 1.67. The summed E-state index contributed by atoms with van der Waals surface area (Å²) in [5.41, 5.74) is 3.33. The van der Waals surface area contributed by atoms with Gasteiger partial charge < -0.3 is 4.52 Å². The van der Waals surface area contributed by atoms with Gasteiger partial charge in [0, 0.05) is 16.6 Å². The molecule has 1 aromatic carbocycles. The lowest BCUT2D eigenvalue weighted by Crippen LogP contribution is -1.84. The SMILES string of the molecule is CCc1ccc(-c2noc(CSc3nc(C)cs3)n2)cc1. The first-order valence-electron chi connectivity index (χ1n) is 6.71. The molecule has 108 valence electrons. The third kappa shape index (κ3) is 3.51. The first-order valence-corrected chi connectivity index (χ1v) is 8.58. The molecule has 0 aliphatic rings. The standard InChI is InChI=1S/C15H15N3OS2/c1-3-11-4-6-12(7-5-11)14-17-13(19-18-14)9-21-15-16-10(2)8-20-15/h4-8H,3,9H2,1-2H3. The van der Waals surface area contributed by atoms with E-state index >= 15 is 0 Å². The maximum Gasteiger partial charge on any atom is 0.237 e. The molecule has 0 aliphatic carbocycles. The van der Waals surface area contributed by atoms with Crippen LogP contribution in [0.3, 0.4) is 0 Å². The van der Waals surface area contributed by atoms with Crippen molar-refractivity contribution in [1.29, 1.82) is 0 Å². The number of rotatable bonds is 5. The van der Waals surface area contributed by atoms with E-state index in [1.54, 1.807) is 23.1 Å². The zero-order valence-electron chi connectivity index (χ0n) is 11.9. The van der Waals surface area contributed by atoms with Crippen LogP contribution in [0.15, 0.2) is 38.5 Å². The molecule has 0 N–H and O–H groups in total. The van der Waals surface area contributed by atoms with Crippen molar-refractivity contribution in [1.82, 2.24) is 15.1 Å². The molecule has 0 aliphatic heterocycles. The number of benzene rings is 1. The normalized spacial score (nSPS) is 11.0. The maximum atomic E-state index is 5.30. The first-order chi connectivity index (χ1) is 10.2. The second-order valence-corrected chi connectivity index (χ2v) is 6.69. The second-order valence-electron chi connectivity index (χ2n) is 4.61. The third-order valence-corrected chi connectivity index (χ3v) is 5.13. The van der Waals surface area contributed by atoms with E-state index in [4.69, 9.17) is 4.52 Å². The predicted octanol–water partition coefficient (Wildman–Crippen LogP) is 4.36. The van der Waals surface area contributed by atoms with E-state index in [0.717, 1.165) is 22.0 Å². The smallest absolute Gasteiger partial charge is 0.237 e. The number of nitrogens with zero attached hydrogens (tertiary/aromatic N) is 3. The summed E-state index contributed by atoms with van der Waals surface area (Å²) >= 11 is 3.26. The Bertz CT molecular complexity index is 719. The molecule has 21 heavy (non-hydrogen) atoms. The van der Waals surface area contributed by atoms with Gasteiger partial charge in [0.2, 0.25) is 11.7 Å². The first kappa shape index (κ1) is 14.3. The van der Waals surface area contributed by atoms with Gasteiger partial charge in [-0.15, -0.1) is 11.3 Å². The average molecular weight is 317 g/mol. The molecular weight excluding hydrogens is 302 g/mol. The van der Waals surface area contributed by atoms with Crippen molar-refractivity contribution in [3.8, 4) is 11.4 Å². The molecule has 0 fully saturated rings. The van der Waals surface area contributed by atoms with E-state index in [9.17, 15) is 0 Å². The zero-order chi connectivity index (χ0) is 14.7. The Morgan fingerprint density at radius 1 is 1.19 bits per heavy atom. The van der Waals surface area contributed by atoms with Crippen molar-refractivity contribution in [3.63, 3.8) is 0 Å². The number of thiazole rings is 1. The molecule has 2 heterocycles. The molecule has 3 rings (SSSR count). The average Bonchev–Trinajstić information content (AvgIpc) is 3.14. The predicted molar refractivity (Wildman–Crippen MR) is 85.5 cm³/mol. The quantitative estimate of drug-likeness (QED) is 0.655. The van der Waals surface area contributed by atoms with Crippen LogP contribution in [-0.4, -0.2) is 15.1 Å². The molecule has 4 nitrogen and oxygen atoms in total. The summed E-state index contributed by atoms with van der Waals surface area (Å²) in [6.45, 7) is 4.13. The van der Waals surface area contributed by atoms with Crippen LogP contribution in [0.2, 0.25) is 0 Å². The Morgan fingerprint density at radius 2 is 2.00 bits per heavy atom. The lowest BCUT2D eigenvalue weighted by atomic mass is 10.1. The van der Waals surface area contributed by atoms with E-state index < -0.39 is 0 Å². The van der Waals surface area contributed by atoms with Crippen molar-refractivity contribution in [2.24, 2.45) is 0 Å². The van der Waals surface area contributed by atoms with Crippen LogP contribution in [0.5, 0.6) is 0 Å². The van der Waals surface area contributed by atoms with Crippen molar-refractivity contribution in [2.75, 3.05) is 0 Å². The Hall–Kier alpha value is -1.66. The number of hydrogen-bond donors (Lipinski definition) is 0. The fourth-order valence-electron chi connectivity index (χ4n) is 1.84. The van der Waals surface area contributed by atoms with Gasteiger partial charge >= 0.3 is 0 Å². The van der Waals surface area contributed by atoms with E-state index in [2.05, 4.69) is 34.2 Å². The van der Waals surface area contributed by atoms with Crippen LogP contribution in [0.25, 0.3) is 11.4 Å². The molecular formula is C15H15N3OS2. The molecule has 0 unspecified atom stereocenters. The fourth-order valence-corrected chi connectivity index (χ4v) is 3.53. The number of aromatic nitrogens is 3. The minimum absolute atomic E-state index is 0.627. The molecule has 0 saturated carbocycles. The van der Waals surface area contributed by atoms with Gasteiger partial charge in [0.05, 0.1) is 5.75 Å². The van der Waals surface area contributed by atoms with Gasteiger partial charge in [-0.2, -0.15) is 4.98 Å². The van der Waals surface area contributed by atoms with Gasteiger partial charge in [-0.3, -0.25) is 0 Å². The molecule has 3 aromatic rings. The summed E-state index contributed by atoms with van der Waals surface area (Å²) in [7, 11) is 0. The van der Waals surface area contributed by atoms with Gasteiger partial charge in [0.15, 0.2) is 4.34 Å². The van der Waals surface area contributed by atoms with Crippen LogP contribution >= 0.6 is 23.1 Å². The lowest BCUT2D eigenvalue weighted by molar-refractivity contribution is 0.391. The van der Waals surface area contributed by atoms with Gasteiger partial charge in [0.1, 0.15) is 0 Å². The Kier molecular flexibility index (Phi) is 4.36. The monoisotopic (exact) mass is 317 g/mol. The second kappa shape index (κ2) is 6.41. The zero-order valence-corrected chi connectivity index (χ0v) is 13.5. The number of aryl methyl sites for hydroxylation is 2. The van der Waals surface area contributed by atoms with Crippen LogP contribution in [0, 0.1) is 6.92 Å². The van der Waals surface area contributed by atoms with Crippen LogP contribution in [0.1, 0.15) is 24.1 Å². The summed E-state index contributed by atoms with van der Waals surface area (Å²) < 4.78 is 6.33. The van der Waals surface area contributed by atoms with Gasteiger partial charge in [-0.1, -0.05) is 48.1 Å². The Morgan fingerprint density at radius 3 is 2.67 bits per heavy atom. The molecule has 0 radical (unpaired) electrons. The molecule has 6 heteroatoms. The van der Waals surface area contributed by atoms with E-state index in [0.29, 0.717) is 17.5 Å². The molecule has 0 amide bonds. The topological polar surface area (TPSA) is 51.8 Å². The summed E-state index contributed by atoms with van der Waals surface area (Å²) in [5, 5.41) is 6.08. The summed E-state index contributed by atoms with van der Waals surface area (Å²) in [4.78, 5) is 8.84. The molecule has 0 bridgehead atoms. The maximum absolute atomic E-state index is 5.30. The summed E-state index contributed by atoms with van der Waals surface area (Å²) in [6.07, 6.45) is 1.03. The third-order valence-electron chi connectivity index (χ3n) is 3.01. The van der Waals surface area contributed by atoms with E-state index in [1.165, 1.54) is 5.56 Å². The van der Waals surface area contributed by atoms with Gasteiger partial charge in [-0.05, 0) is 18.9 Å². The molecule has 2 aromatic heterocycles. The molecule has 0 atom stereocenters. The highest BCUT2D eigenvalue weighted by Crippen LogP contribution is 2.26. The van der Waals surface area contributed by atoms with Crippen molar-refractivity contribution >= 4 is 23.1 Å².